The van der Waals surface area contributed by atoms with Gasteiger partial charge in [0.05, 0.1) is 10.3 Å². The van der Waals surface area contributed by atoms with Crippen molar-refractivity contribution in [3.05, 3.63) is 40.2 Å². The van der Waals surface area contributed by atoms with Crippen LogP contribution in [-0.2, 0) is 10.0 Å². The van der Waals surface area contributed by atoms with Crippen LogP contribution in [0.4, 0.5) is 0 Å². The molecule has 1 atom stereocenters. The summed E-state index contributed by atoms with van der Waals surface area (Å²) in [4.78, 5) is 0. The summed E-state index contributed by atoms with van der Waals surface area (Å²) in [5.74, 6) is 1.34. The third-order valence-electron chi connectivity index (χ3n) is 3.47. The van der Waals surface area contributed by atoms with E-state index < -0.39 is 10.0 Å². The summed E-state index contributed by atoms with van der Waals surface area (Å²) in [5, 5.41) is 0. The zero-order valence-electron chi connectivity index (χ0n) is 12.4. The van der Waals surface area contributed by atoms with E-state index >= 15 is 0 Å². The summed E-state index contributed by atoms with van der Waals surface area (Å²) in [6.07, 6.45) is -0.331. The average molecular weight is 418 g/mol. The van der Waals surface area contributed by atoms with E-state index in [1.807, 2.05) is 31.2 Å². The maximum absolute atomic E-state index is 12.7. The monoisotopic (exact) mass is 417 g/mol. The van der Waals surface area contributed by atoms with E-state index in [0.29, 0.717) is 28.9 Å². The molecule has 0 spiro atoms. The molecule has 23 heavy (non-hydrogen) atoms. The van der Waals surface area contributed by atoms with Crippen molar-refractivity contribution in [1.82, 2.24) is 4.31 Å². The third kappa shape index (κ3) is 3.55. The standard InChI is InChI=1S/C15H16BrNO4S2/c1-2-17(23(18,19)15-8-7-14(16)22-15)9-11-10-20-12-5-3-4-6-13(12)21-11/h3-8,11H,2,9-10H2,1H3. The molecule has 1 aliphatic heterocycles. The number of halogens is 1. The smallest absolute Gasteiger partial charge is 0.252 e. The van der Waals surface area contributed by atoms with Crippen molar-refractivity contribution in [2.45, 2.75) is 17.2 Å². The minimum Gasteiger partial charge on any atom is -0.486 e. The highest BCUT2D eigenvalue weighted by molar-refractivity contribution is 9.11. The number of ether oxygens (including phenoxy) is 2. The topological polar surface area (TPSA) is 55.8 Å². The van der Waals surface area contributed by atoms with Gasteiger partial charge in [0, 0.05) is 6.54 Å². The number of rotatable bonds is 5. The summed E-state index contributed by atoms with van der Waals surface area (Å²) in [7, 11) is -3.52. The molecule has 5 nitrogen and oxygen atoms in total. The predicted molar refractivity (Wildman–Crippen MR) is 92.8 cm³/mol. The third-order valence-corrected chi connectivity index (χ3v) is 7.50. The fourth-order valence-electron chi connectivity index (χ4n) is 2.34. The van der Waals surface area contributed by atoms with Crippen molar-refractivity contribution in [2.24, 2.45) is 0 Å². The zero-order valence-corrected chi connectivity index (χ0v) is 15.7. The molecule has 0 saturated carbocycles. The highest BCUT2D eigenvalue weighted by Gasteiger charge is 2.30. The maximum Gasteiger partial charge on any atom is 0.252 e. The number of nitrogens with zero attached hydrogens (tertiary/aromatic N) is 1. The average Bonchev–Trinajstić information content (AvgIpc) is 2.99. The molecule has 0 saturated heterocycles. The molecule has 1 unspecified atom stereocenters. The number of para-hydroxylation sites is 2. The summed E-state index contributed by atoms with van der Waals surface area (Å²) < 4.78 is 39.5. The predicted octanol–water partition coefficient (Wildman–Crippen LogP) is 3.36. The molecule has 0 fully saturated rings. The second-order valence-corrected chi connectivity index (χ2v) is 9.64. The van der Waals surface area contributed by atoms with Crippen LogP contribution < -0.4 is 9.47 Å². The van der Waals surface area contributed by atoms with Gasteiger partial charge in [0.25, 0.3) is 10.0 Å². The molecule has 8 heteroatoms. The van der Waals surface area contributed by atoms with Crippen molar-refractivity contribution >= 4 is 37.3 Å². The van der Waals surface area contributed by atoms with E-state index in [1.54, 1.807) is 12.1 Å². The summed E-state index contributed by atoms with van der Waals surface area (Å²) in [5.41, 5.74) is 0. The zero-order chi connectivity index (χ0) is 16.4. The van der Waals surface area contributed by atoms with E-state index in [1.165, 1.54) is 15.6 Å². The lowest BCUT2D eigenvalue weighted by molar-refractivity contribution is 0.0772. The van der Waals surface area contributed by atoms with E-state index in [0.717, 1.165) is 3.79 Å². The second kappa shape index (κ2) is 6.80. The van der Waals surface area contributed by atoms with Gasteiger partial charge in [0.15, 0.2) is 11.5 Å². The van der Waals surface area contributed by atoms with Gasteiger partial charge in [-0.05, 0) is 40.2 Å². The van der Waals surface area contributed by atoms with E-state index in [4.69, 9.17) is 9.47 Å². The molecule has 0 bridgehead atoms. The Labute approximate surface area is 148 Å². The van der Waals surface area contributed by atoms with Crippen LogP contribution in [0, 0.1) is 0 Å². The fourth-order valence-corrected chi connectivity index (χ4v) is 5.99. The fraction of sp³-hybridized carbons (Fsp3) is 0.333. The van der Waals surface area contributed by atoms with Crippen molar-refractivity contribution in [1.29, 1.82) is 0 Å². The summed E-state index contributed by atoms with van der Waals surface area (Å²) >= 11 is 4.51. The van der Waals surface area contributed by atoms with Crippen LogP contribution in [0.3, 0.4) is 0 Å². The van der Waals surface area contributed by atoms with Gasteiger partial charge in [-0.25, -0.2) is 8.42 Å². The molecule has 0 aliphatic carbocycles. The molecule has 3 rings (SSSR count). The first kappa shape index (κ1) is 16.8. The largest absolute Gasteiger partial charge is 0.486 e. The van der Waals surface area contributed by atoms with Gasteiger partial charge in [-0.1, -0.05) is 19.1 Å². The lowest BCUT2D eigenvalue weighted by Gasteiger charge is -2.30. The second-order valence-electron chi connectivity index (χ2n) is 5.01. The quantitative estimate of drug-likeness (QED) is 0.748. The van der Waals surface area contributed by atoms with Crippen molar-refractivity contribution in [3.8, 4) is 11.5 Å². The Morgan fingerprint density at radius 3 is 2.65 bits per heavy atom. The summed E-state index contributed by atoms with van der Waals surface area (Å²) in [6, 6.07) is 10.7. The van der Waals surface area contributed by atoms with Crippen LogP contribution in [0.25, 0.3) is 0 Å². The molecule has 2 aromatic rings. The first-order chi connectivity index (χ1) is 11.0. The molecule has 1 aromatic heterocycles. The number of sulfonamides is 1. The number of benzene rings is 1. The number of likely N-dealkylation sites (N-methyl/N-ethyl adjacent to an activating group) is 1. The first-order valence-corrected chi connectivity index (χ1v) is 10.2. The van der Waals surface area contributed by atoms with Crippen LogP contribution in [0.15, 0.2) is 44.4 Å². The van der Waals surface area contributed by atoms with Gasteiger partial charge in [0.1, 0.15) is 16.9 Å². The number of thiophene rings is 1. The molecule has 1 aromatic carbocycles. The van der Waals surface area contributed by atoms with Gasteiger partial charge in [0.2, 0.25) is 0 Å². The molecule has 0 N–H and O–H groups in total. The molecule has 0 radical (unpaired) electrons. The minimum atomic E-state index is -3.52. The highest BCUT2D eigenvalue weighted by atomic mass is 79.9. The van der Waals surface area contributed by atoms with Crippen LogP contribution in [0.1, 0.15) is 6.92 Å². The molecule has 124 valence electrons. The lowest BCUT2D eigenvalue weighted by Crippen LogP contribution is -2.43. The van der Waals surface area contributed by atoms with Gasteiger partial charge in [-0.3, -0.25) is 0 Å². The van der Waals surface area contributed by atoms with Gasteiger partial charge >= 0.3 is 0 Å². The number of hydrogen-bond donors (Lipinski definition) is 0. The van der Waals surface area contributed by atoms with Gasteiger partial charge in [-0.15, -0.1) is 11.3 Å². The Morgan fingerprint density at radius 2 is 2.00 bits per heavy atom. The SMILES string of the molecule is CCN(CC1COc2ccccc2O1)S(=O)(=O)c1ccc(Br)s1. The number of hydrogen-bond acceptors (Lipinski definition) is 5. The van der Waals surface area contributed by atoms with Crippen molar-refractivity contribution in [2.75, 3.05) is 19.7 Å². The Bertz CT molecular complexity index is 790. The Hall–Kier alpha value is -1.09. The van der Waals surface area contributed by atoms with Crippen molar-refractivity contribution in [3.63, 3.8) is 0 Å². The normalized spacial score (nSPS) is 17.4. The highest BCUT2D eigenvalue weighted by Crippen LogP contribution is 2.32. The lowest BCUT2D eigenvalue weighted by atomic mass is 10.2. The van der Waals surface area contributed by atoms with E-state index in [2.05, 4.69) is 15.9 Å². The molecular weight excluding hydrogens is 402 g/mol. The van der Waals surface area contributed by atoms with E-state index in [9.17, 15) is 8.42 Å². The van der Waals surface area contributed by atoms with Crippen LogP contribution >= 0.6 is 27.3 Å². The molecule has 0 amide bonds. The minimum absolute atomic E-state index is 0.253. The van der Waals surface area contributed by atoms with Crippen LogP contribution in [-0.4, -0.2) is 38.5 Å². The molecular formula is C15H16BrNO4S2. The van der Waals surface area contributed by atoms with Gasteiger partial charge in [-0.2, -0.15) is 4.31 Å². The molecule has 1 aliphatic rings. The number of fused-ring (bicyclic) bond motifs is 1. The van der Waals surface area contributed by atoms with Crippen LogP contribution in [0.5, 0.6) is 11.5 Å². The van der Waals surface area contributed by atoms with Gasteiger partial charge < -0.3 is 9.47 Å². The Morgan fingerprint density at radius 1 is 1.26 bits per heavy atom. The Balaban J connectivity index is 1.76. The maximum atomic E-state index is 12.7. The summed E-state index contributed by atoms with van der Waals surface area (Å²) in [6.45, 7) is 2.77. The first-order valence-electron chi connectivity index (χ1n) is 7.14. The van der Waals surface area contributed by atoms with Crippen LogP contribution in [0.2, 0.25) is 0 Å². The van der Waals surface area contributed by atoms with Crippen molar-refractivity contribution < 1.29 is 17.9 Å². The molecule has 2 heterocycles. The Kier molecular flexibility index (Phi) is 4.96. The van der Waals surface area contributed by atoms with E-state index in [-0.39, 0.29) is 12.6 Å².